The van der Waals surface area contributed by atoms with Gasteiger partial charge in [-0.2, -0.15) is 0 Å². The van der Waals surface area contributed by atoms with Crippen molar-refractivity contribution in [3.63, 3.8) is 0 Å². The van der Waals surface area contributed by atoms with Crippen LogP contribution in [0.2, 0.25) is 0 Å². The van der Waals surface area contributed by atoms with E-state index >= 15 is 0 Å². The summed E-state index contributed by atoms with van der Waals surface area (Å²) in [7, 11) is 4.08. The molecule has 1 aliphatic rings. The fraction of sp³-hybridized carbons (Fsp3) is 0.533. The first kappa shape index (κ1) is 15.7. The van der Waals surface area contributed by atoms with Crippen molar-refractivity contribution < 1.29 is 14.3 Å². The van der Waals surface area contributed by atoms with Crippen LogP contribution in [-0.2, 0) is 0 Å². The molecule has 1 fully saturated rings. The third-order valence-electron chi connectivity index (χ3n) is 3.71. The minimum atomic E-state index is -0.544. The summed E-state index contributed by atoms with van der Waals surface area (Å²) in [6, 6.07) is 3.51. The number of carbonyl (C=O) groups excluding carboxylic acids is 1. The van der Waals surface area contributed by atoms with Gasteiger partial charge in [0.05, 0.1) is 5.56 Å². The SMILES string of the molecule is CN(C)CCN1CCN(C(=O)c2ccc(F)cc2O)CC1. The Labute approximate surface area is 124 Å². The van der Waals surface area contributed by atoms with Crippen molar-refractivity contribution in [2.24, 2.45) is 0 Å². The predicted octanol–water partition coefficient (Wildman–Crippen LogP) is 0.851. The second-order valence-corrected chi connectivity index (χ2v) is 5.60. The molecule has 1 saturated heterocycles. The molecule has 5 nitrogen and oxygen atoms in total. The highest BCUT2D eigenvalue weighted by Gasteiger charge is 2.23. The molecule has 0 atom stereocenters. The number of nitrogens with zero attached hydrogens (tertiary/aromatic N) is 3. The summed E-state index contributed by atoms with van der Waals surface area (Å²) in [5, 5.41) is 9.69. The minimum Gasteiger partial charge on any atom is -0.507 e. The molecule has 21 heavy (non-hydrogen) atoms. The van der Waals surface area contributed by atoms with Gasteiger partial charge in [0.1, 0.15) is 11.6 Å². The number of likely N-dealkylation sites (N-methyl/N-ethyl adjacent to an activating group) is 1. The first-order chi connectivity index (χ1) is 9.97. The lowest BCUT2D eigenvalue weighted by molar-refractivity contribution is 0.0627. The van der Waals surface area contributed by atoms with Gasteiger partial charge in [-0.05, 0) is 26.2 Å². The van der Waals surface area contributed by atoms with Crippen molar-refractivity contribution >= 4 is 5.91 Å². The number of phenols is 1. The van der Waals surface area contributed by atoms with E-state index in [-0.39, 0.29) is 17.2 Å². The maximum Gasteiger partial charge on any atom is 0.257 e. The largest absolute Gasteiger partial charge is 0.507 e. The van der Waals surface area contributed by atoms with Crippen molar-refractivity contribution in [3.8, 4) is 5.75 Å². The molecule has 0 radical (unpaired) electrons. The number of piperazine rings is 1. The van der Waals surface area contributed by atoms with Crippen LogP contribution in [-0.4, -0.2) is 79.1 Å². The van der Waals surface area contributed by atoms with Gasteiger partial charge in [-0.1, -0.05) is 0 Å². The Hall–Kier alpha value is -1.66. The second kappa shape index (κ2) is 6.87. The highest BCUT2D eigenvalue weighted by atomic mass is 19.1. The smallest absolute Gasteiger partial charge is 0.257 e. The van der Waals surface area contributed by atoms with Gasteiger partial charge in [-0.15, -0.1) is 0 Å². The zero-order valence-electron chi connectivity index (χ0n) is 12.5. The quantitative estimate of drug-likeness (QED) is 0.894. The number of hydrogen-bond donors (Lipinski definition) is 1. The van der Waals surface area contributed by atoms with Gasteiger partial charge in [-0.25, -0.2) is 4.39 Å². The molecular formula is C15H22FN3O2. The molecule has 116 valence electrons. The molecule has 0 saturated carbocycles. The number of halogens is 1. The van der Waals surface area contributed by atoms with E-state index in [4.69, 9.17) is 0 Å². The summed E-state index contributed by atoms with van der Waals surface area (Å²) in [5.41, 5.74) is 0.165. The van der Waals surface area contributed by atoms with Gasteiger partial charge in [0, 0.05) is 45.3 Å². The molecule has 2 rings (SSSR count). The lowest BCUT2D eigenvalue weighted by atomic mass is 10.1. The zero-order valence-corrected chi connectivity index (χ0v) is 12.5. The highest BCUT2D eigenvalue weighted by Crippen LogP contribution is 2.20. The summed E-state index contributed by atoms with van der Waals surface area (Å²) in [5.74, 6) is -1.08. The lowest BCUT2D eigenvalue weighted by Crippen LogP contribution is -2.50. The van der Waals surface area contributed by atoms with E-state index in [0.717, 1.165) is 32.2 Å². The molecule has 0 bridgehead atoms. The van der Waals surface area contributed by atoms with Crippen molar-refractivity contribution in [2.75, 3.05) is 53.4 Å². The van der Waals surface area contributed by atoms with Crippen LogP contribution in [0.3, 0.4) is 0 Å². The van der Waals surface area contributed by atoms with Crippen LogP contribution < -0.4 is 0 Å². The van der Waals surface area contributed by atoms with Crippen LogP contribution in [0.15, 0.2) is 18.2 Å². The molecule has 1 aromatic rings. The number of aromatic hydroxyl groups is 1. The molecule has 0 spiro atoms. The normalized spacial score (nSPS) is 16.5. The molecular weight excluding hydrogens is 273 g/mol. The van der Waals surface area contributed by atoms with E-state index < -0.39 is 5.82 Å². The Morgan fingerprint density at radius 1 is 1.29 bits per heavy atom. The molecule has 1 aromatic carbocycles. The number of benzene rings is 1. The van der Waals surface area contributed by atoms with E-state index in [1.807, 2.05) is 14.1 Å². The van der Waals surface area contributed by atoms with Gasteiger partial charge in [0.2, 0.25) is 0 Å². The molecule has 1 N–H and O–H groups in total. The third-order valence-corrected chi connectivity index (χ3v) is 3.71. The molecule has 1 aliphatic heterocycles. The van der Waals surface area contributed by atoms with E-state index in [2.05, 4.69) is 9.80 Å². The van der Waals surface area contributed by atoms with Gasteiger partial charge < -0.3 is 14.9 Å². The molecule has 1 amide bonds. The van der Waals surface area contributed by atoms with Crippen LogP contribution in [0, 0.1) is 5.82 Å². The maximum absolute atomic E-state index is 13.0. The Kier molecular flexibility index (Phi) is 5.14. The predicted molar refractivity (Wildman–Crippen MR) is 79.0 cm³/mol. The Morgan fingerprint density at radius 3 is 2.52 bits per heavy atom. The van der Waals surface area contributed by atoms with Gasteiger partial charge in [-0.3, -0.25) is 9.69 Å². The van der Waals surface area contributed by atoms with Gasteiger partial charge in [0.25, 0.3) is 5.91 Å². The van der Waals surface area contributed by atoms with Crippen LogP contribution in [0.1, 0.15) is 10.4 Å². The Bertz CT molecular complexity index is 500. The maximum atomic E-state index is 13.0. The van der Waals surface area contributed by atoms with Crippen molar-refractivity contribution in [1.82, 2.24) is 14.7 Å². The Balaban J connectivity index is 1.91. The first-order valence-electron chi connectivity index (χ1n) is 7.12. The fourth-order valence-corrected chi connectivity index (χ4v) is 2.37. The van der Waals surface area contributed by atoms with Crippen molar-refractivity contribution in [2.45, 2.75) is 0 Å². The summed E-state index contributed by atoms with van der Waals surface area (Å²) in [6.45, 7) is 4.87. The first-order valence-corrected chi connectivity index (χ1v) is 7.12. The van der Waals surface area contributed by atoms with E-state index in [1.165, 1.54) is 12.1 Å². The van der Waals surface area contributed by atoms with E-state index in [9.17, 15) is 14.3 Å². The van der Waals surface area contributed by atoms with Gasteiger partial charge in [0.15, 0.2) is 0 Å². The summed E-state index contributed by atoms with van der Waals surface area (Å²) in [6.07, 6.45) is 0. The summed E-state index contributed by atoms with van der Waals surface area (Å²) >= 11 is 0. The van der Waals surface area contributed by atoms with E-state index in [0.29, 0.717) is 13.1 Å². The van der Waals surface area contributed by atoms with Crippen molar-refractivity contribution in [3.05, 3.63) is 29.6 Å². The standard InChI is InChI=1S/C15H22FN3O2/c1-17(2)5-6-18-7-9-19(10-8-18)15(21)13-4-3-12(16)11-14(13)20/h3-4,11,20H,5-10H2,1-2H3. The second-order valence-electron chi connectivity index (χ2n) is 5.60. The average molecular weight is 295 g/mol. The van der Waals surface area contributed by atoms with Crippen LogP contribution in [0.25, 0.3) is 0 Å². The number of phenolic OH excluding ortho intramolecular Hbond substituents is 1. The van der Waals surface area contributed by atoms with Crippen molar-refractivity contribution in [1.29, 1.82) is 0 Å². The fourth-order valence-electron chi connectivity index (χ4n) is 2.37. The van der Waals surface area contributed by atoms with Crippen LogP contribution in [0.4, 0.5) is 4.39 Å². The minimum absolute atomic E-state index is 0.165. The van der Waals surface area contributed by atoms with E-state index in [1.54, 1.807) is 4.90 Å². The molecule has 0 aromatic heterocycles. The number of amides is 1. The lowest BCUT2D eigenvalue weighted by Gasteiger charge is -2.35. The van der Waals surface area contributed by atoms with Crippen LogP contribution in [0.5, 0.6) is 5.75 Å². The number of carbonyl (C=O) groups is 1. The van der Waals surface area contributed by atoms with Crippen LogP contribution >= 0.6 is 0 Å². The monoisotopic (exact) mass is 295 g/mol. The molecule has 1 heterocycles. The summed E-state index contributed by atoms with van der Waals surface area (Å²) in [4.78, 5) is 18.5. The molecule has 0 aliphatic carbocycles. The highest BCUT2D eigenvalue weighted by molar-refractivity contribution is 5.96. The summed E-state index contributed by atoms with van der Waals surface area (Å²) < 4.78 is 13.0. The number of rotatable bonds is 4. The average Bonchev–Trinajstić information content (AvgIpc) is 2.45. The van der Waals surface area contributed by atoms with Gasteiger partial charge >= 0.3 is 0 Å². The zero-order chi connectivity index (χ0) is 15.4. The molecule has 0 unspecified atom stereocenters. The third kappa shape index (κ3) is 4.15. The Morgan fingerprint density at radius 2 is 1.95 bits per heavy atom. The number of hydrogen-bond acceptors (Lipinski definition) is 4. The molecule has 6 heteroatoms. The topological polar surface area (TPSA) is 47.0 Å².